The molecule has 100 valence electrons. The Morgan fingerprint density at radius 3 is 1.84 bits per heavy atom. The maximum absolute atomic E-state index is 13.7. The van der Waals surface area contributed by atoms with Gasteiger partial charge in [-0.25, -0.2) is 4.39 Å². The van der Waals surface area contributed by atoms with Gasteiger partial charge in [0.1, 0.15) is 5.82 Å². The van der Waals surface area contributed by atoms with E-state index in [9.17, 15) is 4.39 Å². The molecule has 0 fully saturated rings. The number of hydrogen-bond donors (Lipinski definition) is 0. The lowest BCUT2D eigenvalue weighted by Gasteiger charge is -2.17. The second kappa shape index (κ2) is 5.34. The van der Waals surface area contributed by atoms with Crippen LogP contribution in [0.1, 0.15) is 38.8 Å². The van der Waals surface area contributed by atoms with Crippen LogP contribution in [0.3, 0.4) is 0 Å². The van der Waals surface area contributed by atoms with Gasteiger partial charge in [0.15, 0.2) is 0 Å². The van der Waals surface area contributed by atoms with Gasteiger partial charge in [0.05, 0.1) is 5.38 Å². The molecule has 0 N–H and O–H groups in total. The summed E-state index contributed by atoms with van der Waals surface area (Å²) < 4.78 is 13.7. The van der Waals surface area contributed by atoms with Crippen LogP contribution < -0.4 is 0 Å². The minimum Gasteiger partial charge on any atom is -0.206 e. The van der Waals surface area contributed by atoms with E-state index in [0.29, 0.717) is 11.1 Å². The molecule has 0 bridgehead atoms. The summed E-state index contributed by atoms with van der Waals surface area (Å²) in [6.07, 6.45) is 0. The van der Waals surface area contributed by atoms with Crippen LogP contribution in [-0.4, -0.2) is 0 Å². The van der Waals surface area contributed by atoms with Crippen molar-refractivity contribution >= 4 is 11.6 Å². The SMILES string of the molecule is Cc1cc(C(Cl)c2c(C)cccc2C)cc(C)c1F. The van der Waals surface area contributed by atoms with Crippen molar-refractivity contribution in [3.05, 3.63) is 69.5 Å². The van der Waals surface area contributed by atoms with Crippen molar-refractivity contribution in [3.8, 4) is 0 Å². The summed E-state index contributed by atoms with van der Waals surface area (Å²) in [5, 5.41) is -0.237. The van der Waals surface area contributed by atoms with E-state index in [0.717, 1.165) is 11.1 Å². The first-order valence-electron chi connectivity index (χ1n) is 6.38. The highest BCUT2D eigenvalue weighted by Gasteiger charge is 2.17. The summed E-state index contributed by atoms with van der Waals surface area (Å²) in [7, 11) is 0. The standard InChI is InChI=1S/C17H18ClF/c1-10-6-5-7-11(2)15(10)16(18)14-8-12(3)17(19)13(4)9-14/h5-9,16H,1-4H3. The molecule has 0 radical (unpaired) electrons. The fourth-order valence-electron chi connectivity index (χ4n) is 2.52. The van der Waals surface area contributed by atoms with E-state index in [1.807, 2.05) is 18.2 Å². The zero-order valence-electron chi connectivity index (χ0n) is 11.7. The Bertz CT molecular complexity index is 573. The summed E-state index contributed by atoms with van der Waals surface area (Å²) in [5.41, 5.74) is 5.70. The Hall–Kier alpha value is -1.34. The Balaban J connectivity index is 2.53. The van der Waals surface area contributed by atoms with Gasteiger partial charge in [0, 0.05) is 0 Å². The lowest BCUT2D eigenvalue weighted by molar-refractivity contribution is 0.608. The van der Waals surface area contributed by atoms with E-state index >= 15 is 0 Å². The van der Waals surface area contributed by atoms with Gasteiger partial charge in [0.2, 0.25) is 0 Å². The largest absolute Gasteiger partial charge is 0.206 e. The summed E-state index contributed by atoms with van der Waals surface area (Å²) in [5.74, 6) is -0.144. The van der Waals surface area contributed by atoms with E-state index in [-0.39, 0.29) is 11.2 Å². The Labute approximate surface area is 119 Å². The van der Waals surface area contributed by atoms with Crippen LogP contribution in [0, 0.1) is 33.5 Å². The van der Waals surface area contributed by atoms with Crippen molar-refractivity contribution < 1.29 is 4.39 Å². The minimum atomic E-state index is -0.237. The first-order chi connectivity index (χ1) is 8.91. The van der Waals surface area contributed by atoms with Crippen LogP contribution in [0.5, 0.6) is 0 Å². The summed E-state index contributed by atoms with van der Waals surface area (Å²) in [6, 6.07) is 9.82. The molecular formula is C17H18ClF. The third-order valence-electron chi connectivity index (χ3n) is 3.55. The number of halogens is 2. The first kappa shape index (κ1) is 14.1. The highest BCUT2D eigenvalue weighted by Crippen LogP contribution is 2.34. The zero-order chi connectivity index (χ0) is 14.2. The van der Waals surface area contributed by atoms with E-state index in [2.05, 4.69) is 26.0 Å². The average Bonchev–Trinajstić information content (AvgIpc) is 2.35. The van der Waals surface area contributed by atoms with Crippen molar-refractivity contribution in [2.45, 2.75) is 33.1 Å². The van der Waals surface area contributed by atoms with Crippen LogP contribution in [0.15, 0.2) is 30.3 Å². The molecule has 0 spiro atoms. The molecule has 0 aromatic heterocycles. The van der Waals surface area contributed by atoms with E-state index in [4.69, 9.17) is 11.6 Å². The van der Waals surface area contributed by atoms with Gasteiger partial charge in [-0.1, -0.05) is 30.3 Å². The average molecular weight is 277 g/mol. The maximum atomic E-state index is 13.7. The van der Waals surface area contributed by atoms with Crippen molar-refractivity contribution in [1.82, 2.24) is 0 Å². The van der Waals surface area contributed by atoms with Gasteiger partial charge < -0.3 is 0 Å². The molecule has 0 saturated heterocycles. The van der Waals surface area contributed by atoms with E-state index in [1.54, 1.807) is 13.8 Å². The smallest absolute Gasteiger partial charge is 0.129 e. The first-order valence-corrected chi connectivity index (χ1v) is 6.82. The Kier molecular flexibility index (Phi) is 3.96. The molecule has 19 heavy (non-hydrogen) atoms. The predicted octanol–water partition coefficient (Wildman–Crippen LogP) is 5.39. The summed E-state index contributed by atoms with van der Waals surface area (Å²) >= 11 is 6.62. The van der Waals surface area contributed by atoms with Crippen molar-refractivity contribution in [3.63, 3.8) is 0 Å². The fourth-order valence-corrected chi connectivity index (χ4v) is 2.99. The molecule has 1 unspecified atom stereocenters. The lowest BCUT2D eigenvalue weighted by atomic mass is 9.94. The van der Waals surface area contributed by atoms with Crippen LogP contribution in [0.4, 0.5) is 4.39 Å². The van der Waals surface area contributed by atoms with Crippen molar-refractivity contribution in [1.29, 1.82) is 0 Å². The van der Waals surface area contributed by atoms with Gasteiger partial charge >= 0.3 is 0 Å². The van der Waals surface area contributed by atoms with Crippen LogP contribution in [-0.2, 0) is 0 Å². The molecule has 2 aromatic rings. The molecule has 2 aromatic carbocycles. The third kappa shape index (κ3) is 2.66. The molecule has 0 heterocycles. The molecule has 2 heteroatoms. The molecule has 0 aliphatic heterocycles. The molecule has 2 rings (SSSR count). The quantitative estimate of drug-likeness (QED) is 0.645. The minimum absolute atomic E-state index is 0.144. The monoisotopic (exact) mass is 276 g/mol. The highest BCUT2D eigenvalue weighted by molar-refractivity contribution is 6.22. The number of alkyl halides is 1. The second-order valence-corrected chi connectivity index (χ2v) is 5.57. The van der Waals surface area contributed by atoms with Gasteiger partial charge in [-0.2, -0.15) is 0 Å². The van der Waals surface area contributed by atoms with Gasteiger partial charge in [-0.3, -0.25) is 0 Å². The second-order valence-electron chi connectivity index (χ2n) is 5.14. The van der Waals surface area contributed by atoms with Gasteiger partial charge in [-0.05, 0) is 61.1 Å². The molecule has 0 amide bonds. The maximum Gasteiger partial charge on any atom is 0.129 e. The van der Waals surface area contributed by atoms with Crippen LogP contribution in [0.2, 0.25) is 0 Å². The molecule has 0 aliphatic carbocycles. The molecular weight excluding hydrogens is 259 g/mol. The predicted molar refractivity (Wildman–Crippen MR) is 79.5 cm³/mol. The van der Waals surface area contributed by atoms with Crippen molar-refractivity contribution in [2.24, 2.45) is 0 Å². The van der Waals surface area contributed by atoms with E-state index in [1.165, 1.54) is 11.1 Å². The van der Waals surface area contributed by atoms with Gasteiger partial charge in [-0.15, -0.1) is 11.6 Å². The Morgan fingerprint density at radius 1 is 0.895 bits per heavy atom. The Morgan fingerprint density at radius 2 is 1.37 bits per heavy atom. The fraction of sp³-hybridized carbons (Fsp3) is 0.294. The normalized spacial score (nSPS) is 12.5. The number of aryl methyl sites for hydroxylation is 4. The number of benzene rings is 2. The number of rotatable bonds is 2. The highest BCUT2D eigenvalue weighted by atomic mass is 35.5. The van der Waals surface area contributed by atoms with E-state index < -0.39 is 0 Å². The van der Waals surface area contributed by atoms with Crippen LogP contribution in [0.25, 0.3) is 0 Å². The zero-order valence-corrected chi connectivity index (χ0v) is 12.5. The van der Waals surface area contributed by atoms with Gasteiger partial charge in [0.25, 0.3) is 0 Å². The molecule has 0 nitrogen and oxygen atoms in total. The lowest BCUT2D eigenvalue weighted by Crippen LogP contribution is -2.01. The summed E-state index contributed by atoms with van der Waals surface area (Å²) in [6.45, 7) is 7.67. The topological polar surface area (TPSA) is 0 Å². The van der Waals surface area contributed by atoms with Crippen molar-refractivity contribution in [2.75, 3.05) is 0 Å². The molecule has 1 atom stereocenters. The number of hydrogen-bond acceptors (Lipinski definition) is 0. The molecule has 0 aliphatic rings. The molecule has 0 saturated carbocycles. The van der Waals surface area contributed by atoms with Crippen LogP contribution >= 0.6 is 11.6 Å². The third-order valence-corrected chi connectivity index (χ3v) is 4.02. The summed E-state index contributed by atoms with van der Waals surface area (Å²) in [4.78, 5) is 0.